The summed E-state index contributed by atoms with van der Waals surface area (Å²) in [5.74, 6) is 0. The Hall–Kier alpha value is -0.560. The average Bonchev–Trinajstić information content (AvgIpc) is 1.87. The molecule has 0 saturated carbocycles. The van der Waals surface area contributed by atoms with Crippen molar-refractivity contribution in [3.63, 3.8) is 0 Å². The van der Waals surface area contributed by atoms with Crippen LogP contribution in [0.2, 0.25) is 0 Å². The summed E-state index contributed by atoms with van der Waals surface area (Å²) in [5, 5.41) is 0. The minimum atomic E-state index is 1.02. The second kappa shape index (κ2) is 5.24. The Morgan fingerprint density at radius 1 is 1.60 bits per heavy atom. The lowest BCUT2D eigenvalue weighted by Crippen LogP contribution is -2.16. The molecular weight excluding hydrogens is 122 g/mol. The molecule has 1 heteroatoms. The Labute approximate surface area is 64.0 Å². The molecule has 1 nitrogen and oxygen atoms in total. The molecule has 0 radical (unpaired) electrons. The minimum absolute atomic E-state index is 1.02. The molecule has 0 aromatic carbocycles. The maximum absolute atomic E-state index is 3.77. The first-order valence-electron chi connectivity index (χ1n) is 3.67. The fourth-order valence-corrected chi connectivity index (χ4v) is 0.563. The molecule has 0 N–H and O–H groups in total. The van der Waals surface area contributed by atoms with E-state index in [1.807, 2.05) is 13.0 Å². The van der Waals surface area contributed by atoms with Gasteiger partial charge in [-0.25, -0.2) is 0 Å². The Bertz CT molecular complexity index is 125. The van der Waals surface area contributed by atoms with Crippen LogP contribution in [0.25, 0.3) is 0 Å². The van der Waals surface area contributed by atoms with Crippen LogP contribution in [-0.2, 0) is 0 Å². The van der Waals surface area contributed by atoms with Crippen molar-refractivity contribution in [1.82, 2.24) is 4.90 Å². The van der Waals surface area contributed by atoms with Crippen LogP contribution in [0.1, 0.15) is 13.8 Å². The maximum Gasteiger partial charge on any atom is 0.0163 e. The summed E-state index contributed by atoms with van der Waals surface area (Å²) in [6, 6.07) is 0. The summed E-state index contributed by atoms with van der Waals surface area (Å²) in [4.78, 5) is 2.24. The van der Waals surface area contributed by atoms with E-state index in [4.69, 9.17) is 0 Å². The highest BCUT2D eigenvalue weighted by atomic mass is 15.1. The largest absolute Gasteiger partial charge is 0.303 e. The van der Waals surface area contributed by atoms with E-state index < -0.39 is 0 Å². The summed E-state index contributed by atoms with van der Waals surface area (Å²) in [6.07, 6.45) is 4.18. The van der Waals surface area contributed by atoms with Gasteiger partial charge in [-0.05, 0) is 20.5 Å². The highest BCUT2D eigenvalue weighted by Gasteiger charge is 1.86. The van der Waals surface area contributed by atoms with E-state index in [-0.39, 0.29) is 0 Å². The van der Waals surface area contributed by atoms with Crippen LogP contribution in [0.5, 0.6) is 0 Å². The van der Waals surface area contributed by atoms with Gasteiger partial charge in [0.2, 0.25) is 0 Å². The first-order valence-corrected chi connectivity index (χ1v) is 3.67. The quantitative estimate of drug-likeness (QED) is 0.539. The van der Waals surface area contributed by atoms with Crippen molar-refractivity contribution < 1.29 is 0 Å². The zero-order valence-electron chi connectivity index (χ0n) is 7.22. The third-order valence-electron chi connectivity index (χ3n) is 1.36. The zero-order valence-corrected chi connectivity index (χ0v) is 7.22. The Balaban J connectivity index is 3.43. The molecule has 58 valence electrons. The van der Waals surface area contributed by atoms with Crippen LogP contribution in [0.3, 0.4) is 0 Å². The van der Waals surface area contributed by atoms with Crippen molar-refractivity contribution in [3.05, 3.63) is 24.3 Å². The second-order valence-corrected chi connectivity index (χ2v) is 2.60. The fourth-order valence-electron chi connectivity index (χ4n) is 0.563. The van der Waals surface area contributed by atoms with E-state index in [2.05, 4.69) is 31.5 Å². The molecule has 0 bridgehead atoms. The second-order valence-electron chi connectivity index (χ2n) is 2.60. The van der Waals surface area contributed by atoms with Crippen LogP contribution in [0, 0.1) is 0 Å². The molecule has 0 aliphatic carbocycles. The fraction of sp³-hybridized carbons (Fsp3) is 0.556. The van der Waals surface area contributed by atoms with Gasteiger partial charge in [0.05, 0.1) is 0 Å². The molecule has 0 unspecified atom stereocenters. The number of nitrogens with zero attached hydrogens (tertiary/aromatic N) is 1. The van der Waals surface area contributed by atoms with Gasteiger partial charge < -0.3 is 4.90 Å². The van der Waals surface area contributed by atoms with Crippen LogP contribution in [0.15, 0.2) is 24.3 Å². The molecule has 0 aliphatic rings. The number of rotatable bonds is 4. The van der Waals surface area contributed by atoms with E-state index in [9.17, 15) is 0 Å². The summed E-state index contributed by atoms with van der Waals surface area (Å²) < 4.78 is 0. The molecule has 0 fully saturated rings. The Morgan fingerprint density at radius 3 is 2.60 bits per heavy atom. The zero-order chi connectivity index (χ0) is 7.98. The van der Waals surface area contributed by atoms with E-state index in [1.165, 1.54) is 0 Å². The van der Waals surface area contributed by atoms with Crippen LogP contribution in [-0.4, -0.2) is 25.0 Å². The topological polar surface area (TPSA) is 3.24 Å². The summed E-state index contributed by atoms with van der Waals surface area (Å²) in [5.41, 5.74) is 1.12. The van der Waals surface area contributed by atoms with E-state index in [1.54, 1.807) is 0 Å². The van der Waals surface area contributed by atoms with E-state index in [0.29, 0.717) is 0 Å². The predicted octanol–water partition coefficient (Wildman–Crippen LogP) is 2.07. The number of hydrogen-bond acceptors (Lipinski definition) is 1. The van der Waals surface area contributed by atoms with Crippen LogP contribution < -0.4 is 0 Å². The molecule has 0 rings (SSSR count). The Kier molecular flexibility index (Phi) is 4.95. The molecule has 0 spiro atoms. The third-order valence-corrected chi connectivity index (χ3v) is 1.36. The third kappa shape index (κ3) is 5.57. The number of likely N-dealkylation sites (N-methyl/N-ethyl adjacent to an activating group) is 1. The first-order chi connectivity index (χ1) is 4.66. The molecular formula is C9H17N. The molecule has 0 heterocycles. The average molecular weight is 139 g/mol. The number of allylic oxidation sites excluding steroid dienone is 2. The minimum Gasteiger partial charge on any atom is -0.303 e. The van der Waals surface area contributed by atoms with Gasteiger partial charge in [-0.2, -0.15) is 0 Å². The molecule has 0 aliphatic heterocycles. The van der Waals surface area contributed by atoms with Gasteiger partial charge in [0, 0.05) is 6.54 Å². The van der Waals surface area contributed by atoms with Crippen molar-refractivity contribution >= 4 is 0 Å². The summed E-state index contributed by atoms with van der Waals surface area (Å²) >= 11 is 0. The maximum atomic E-state index is 3.77. The predicted molar refractivity (Wildman–Crippen MR) is 47.1 cm³/mol. The normalized spacial score (nSPS) is 11.2. The van der Waals surface area contributed by atoms with Crippen molar-refractivity contribution in [2.75, 3.05) is 20.1 Å². The highest BCUT2D eigenvalue weighted by Crippen LogP contribution is 1.89. The number of hydrogen-bond donors (Lipinski definition) is 0. The van der Waals surface area contributed by atoms with Gasteiger partial charge in [0.25, 0.3) is 0 Å². The van der Waals surface area contributed by atoms with Gasteiger partial charge >= 0.3 is 0 Å². The molecule has 0 aromatic rings. The Morgan fingerprint density at radius 2 is 2.20 bits per heavy atom. The van der Waals surface area contributed by atoms with Gasteiger partial charge in [-0.3, -0.25) is 0 Å². The van der Waals surface area contributed by atoms with Crippen molar-refractivity contribution in [1.29, 1.82) is 0 Å². The van der Waals surface area contributed by atoms with E-state index >= 15 is 0 Å². The smallest absolute Gasteiger partial charge is 0.0163 e. The summed E-state index contributed by atoms with van der Waals surface area (Å²) in [6.45, 7) is 10.0. The van der Waals surface area contributed by atoms with Gasteiger partial charge in [-0.1, -0.05) is 31.2 Å². The van der Waals surface area contributed by atoms with Crippen molar-refractivity contribution in [2.45, 2.75) is 13.8 Å². The first kappa shape index (κ1) is 9.44. The van der Waals surface area contributed by atoms with Crippen LogP contribution in [0.4, 0.5) is 0 Å². The molecule has 0 aromatic heterocycles. The van der Waals surface area contributed by atoms with Gasteiger partial charge in [0.1, 0.15) is 0 Å². The molecule has 10 heavy (non-hydrogen) atoms. The van der Waals surface area contributed by atoms with E-state index in [0.717, 1.165) is 18.7 Å². The summed E-state index contributed by atoms with van der Waals surface area (Å²) in [7, 11) is 2.10. The van der Waals surface area contributed by atoms with Gasteiger partial charge in [-0.15, -0.1) is 0 Å². The highest BCUT2D eigenvalue weighted by molar-refractivity contribution is 5.11. The molecule has 0 amide bonds. The lowest BCUT2D eigenvalue weighted by Gasteiger charge is -2.09. The standard InChI is InChI=1S/C9H17N/c1-5-10(4)8-6-7-9(2)3/h6-7H,2,5,8H2,1,3-4H3/b7-6+. The lowest BCUT2D eigenvalue weighted by molar-refractivity contribution is 0.392. The SMILES string of the molecule is C=C(C)/C=C/CN(C)CC. The lowest BCUT2D eigenvalue weighted by atomic mass is 10.3. The van der Waals surface area contributed by atoms with Crippen LogP contribution >= 0.6 is 0 Å². The molecule has 0 atom stereocenters. The van der Waals surface area contributed by atoms with Gasteiger partial charge in [0.15, 0.2) is 0 Å². The van der Waals surface area contributed by atoms with Crippen molar-refractivity contribution in [2.24, 2.45) is 0 Å². The molecule has 0 saturated heterocycles. The monoisotopic (exact) mass is 139 g/mol. The van der Waals surface area contributed by atoms with Crippen molar-refractivity contribution in [3.8, 4) is 0 Å².